The lowest BCUT2D eigenvalue weighted by Gasteiger charge is -2.36. The normalized spacial score (nSPS) is 22.2. The van der Waals surface area contributed by atoms with Crippen molar-refractivity contribution in [1.29, 1.82) is 0 Å². The van der Waals surface area contributed by atoms with Crippen LogP contribution in [0.3, 0.4) is 0 Å². The van der Waals surface area contributed by atoms with Crippen molar-refractivity contribution in [3.63, 3.8) is 0 Å². The predicted octanol–water partition coefficient (Wildman–Crippen LogP) is 3.95. The van der Waals surface area contributed by atoms with E-state index in [1.807, 2.05) is 0 Å². The van der Waals surface area contributed by atoms with Crippen molar-refractivity contribution in [3.05, 3.63) is 46.3 Å². The molecule has 0 N–H and O–H groups in total. The number of hydrogen-bond donors (Lipinski definition) is 0. The van der Waals surface area contributed by atoms with E-state index in [1.54, 1.807) is 24.3 Å². The molecule has 1 aliphatic rings. The summed E-state index contributed by atoms with van der Waals surface area (Å²) in [5.41, 5.74) is -0.0483. The number of benzene rings is 1. The first kappa shape index (κ1) is 20.1. The molecule has 1 aromatic carbocycles. The summed E-state index contributed by atoms with van der Waals surface area (Å²) in [4.78, 5) is 36.5. The van der Waals surface area contributed by atoms with Gasteiger partial charge in [0.2, 0.25) is 5.76 Å². The highest BCUT2D eigenvalue weighted by atomic mass is 16.6. The van der Waals surface area contributed by atoms with E-state index in [2.05, 4.69) is 20.8 Å². The van der Waals surface area contributed by atoms with Crippen molar-refractivity contribution in [2.75, 3.05) is 6.61 Å². The largest absolute Gasteiger partial charge is 0.460 e. The number of rotatable bonds is 5. The van der Waals surface area contributed by atoms with Crippen molar-refractivity contribution >= 4 is 22.9 Å². The summed E-state index contributed by atoms with van der Waals surface area (Å²) >= 11 is 0. The molecule has 1 heterocycles. The highest BCUT2D eigenvalue weighted by Crippen LogP contribution is 2.35. The number of ether oxygens (including phenoxy) is 2. The van der Waals surface area contributed by atoms with Crippen molar-refractivity contribution in [2.24, 2.45) is 17.8 Å². The third-order valence-electron chi connectivity index (χ3n) is 5.40. The Kier molecular flexibility index (Phi) is 6.17. The van der Waals surface area contributed by atoms with E-state index in [0.29, 0.717) is 28.7 Å². The first-order chi connectivity index (χ1) is 13.3. The van der Waals surface area contributed by atoms with E-state index in [9.17, 15) is 14.4 Å². The minimum atomic E-state index is -0.864. The standard InChI is InChI=1S/C22H26O6/c1-13(2)15-9-8-14(3)10-19(15)28-21(24)12-26-22(25)20-11-17(23)16-6-4-5-7-18(16)27-20/h4-7,11,13-15,19H,8-10,12H2,1-3H3/t14-,15-,19+/m0/s1. The topological polar surface area (TPSA) is 82.8 Å². The lowest BCUT2D eigenvalue weighted by molar-refractivity contribution is -0.159. The molecular formula is C22H26O6. The van der Waals surface area contributed by atoms with Gasteiger partial charge in [0.15, 0.2) is 12.0 Å². The summed E-state index contributed by atoms with van der Waals surface area (Å²) in [6.07, 6.45) is 2.82. The quantitative estimate of drug-likeness (QED) is 0.724. The van der Waals surface area contributed by atoms with E-state index < -0.39 is 18.5 Å². The molecule has 1 aliphatic carbocycles. The fraction of sp³-hybridized carbons (Fsp3) is 0.500. The Balaban J connectivity index is 1.61. The second kappa shape index (κ2) is 8.59. The number of fused-ring (bicyclic) bond motifs is 1. The third-order valence-corrected chi connectivity index (χ3v) is 5.40. The Morgan fingerprint density at radius 3 is 2.71 bits per heavy atom. The Morgan fingerprint density at radius 1 is 1.21 bits per heavy atom. The van der Waals surface area contributed by atoms with Gasteiger partial charge in [-0.2, -0.15) is 0 Å². The molecule has 1 saturated carbocycles. The minimum Gasteiger partial charge on any atom is -0.460 e. The summed E-state index contributed by atoms with van der Waals surface area (Å²) in [5, 5.41) is 0.379. The van der Waals surface area contributed by atoms with Gasteiger partial charge in [-0.1, -0.05) is 39.3 Å². The first-order valence-corrected chi connectivity index (χ1v) is 9.74. The molecule has 1 fully saturated rings. The van der Waals surface area contributed by atoms with E-state index in [4.69, 9.17) is 13.9 Å². The van der Waals surface area contributed by atoms with Crippen LogP contribution in [0.4, 0.5) is 0 Å². The Morgan fingerprint density at radius 2 is 1.96 bits per heavy atom. The zero-order chi connectivity index (χ0) is 20.3. The fourth-order valence-corrected chi connectivity index (χ4v) is 3.85. The summed E-state index contributed by atoms with van der Waals surface area (Å²) in [5.74, 6) is -0.447. The van der Waals surface area contributed by atoms with Crippen molar-refractivity contribution < 1.29 is 23.5 Å². The van der Waals surface area contributed by atoms with Gasteiger partial charge in [0, 0.05) is 6.07 Å². The molecular weight excluding hydrogens is 360 g/mol. The van der Waals surface area contributed by atoms with Crippen LogP contribution >= 0.6 is 0 Å². The molecule has 0 spiro atoms. The first-order valence-electron chi connectivity index (χ1n) is 9.74. The average molecular weight is 386 g/mol. The molecule has 0 saturated heterocycles. The molecule has 0 aliphatic heterocycles. The van der Waals surface area contributed by atoms with Gasteiger partial charge in [0.25, 0.3) is 0 Å². The maximum atomic E-state index is 12.2. The zero-order valence-corrected chi connectivity index (χ0v) is 16.5. The van der Waals surface area contributed by atoms with Gasteiger partial charge in [-0.15, -0.1) is 0 Å². The molecule has 0 unspecified atom stereocenters. The fourth-order valence-electron chi connectivity index (χ4n) is 3.85. The van der Waals surface area contributed by atoms with Gasteiger partial charge in [0.05, 0.1) is 5.39 Å². The van der Waals surface area contributed by atoms with Crippen LogP contribution in [0, 0.1) is 17.8 Å². The lowest BCUT2D eigenvalue weighted by atomic mass is 9.75. The molecule has 28 heavy (non-hydrogen) atoms. The monoisotopic (exact) mass is 386 g/mol. The van der Waals surface area contributed by atoms with Crippen LogP contribution in [0.5, 0.6) is 0 Å². The second-order valence-electron chi connectivity index (χ2n) is 7.90. The Bertz CT molecular complexity index is 913. The van der Waals surface area contributed by atoms with Crippen LogP contribution < -0.4 is 5.43 Å². The molecule has 3 atom stereocenters. The van der Waals surface area contributed by atoms with Crippen molar-refractivity contribution in [2.45, 2.75) is 46.1 Å². The van der Waals surface area contributed by atoms with Crippen LogP contribution in [0.1, 0.15) is 50.6 Å². The minimum absolute atomic E-state index is 0.159. The lowest BCUT2D eigenvalue weighted by Crippen LogP contribution is -2.36. The number of carbonyl (C=O) groups is 2. The molecule has 1 aromatic heterocycles. The van der Waals surface area contributed by atoms with E-state index >= 15 is 0 Å². The van der Waals surface area contributed by atoms with Gasteiger partial charge in [0.1, 0.15) is 11.7 Å². The number of esters is 2. The summed E-state index contributed by atoms with van der Waals surface area (Å²) in [7, 11) is 0. The molecule has 6 nitrogen and oxygen atoms in total. The van der Waals surface area contributed by atoms with Gasteiger partial charge in [-0.05, 0) is 42.7 Å². The number of carbonyl (C=O) groups excluding carboxylic acids is 2. The smallest absolute Gasteiger partial charge is 0.374 e. The number of hydrogen-bond acceptors (Lipinski definition) is 6. The highest BCUT2D eigenvalue weighted by molar-refractivity contribution is 5.90. The predicted molar refractivity (Wildman–Crippen MR) is 104 cm³/mol. The summed E-state index contributed by atoms with van der Waals surface area (Å²) in [6.45, 7) is 5.90. The van der Waals surface area contributed by atoms with Crippen LogP contribution in [0.25, 0.3) is 11.0 Å². The molecule has 3 rings (SSSR count). The Hall–Kier alpha value is -2.63. The molecule has 6 heteroatoms. The van der Waals surface area contributed by atoms with Crippen LogP contribution in [0.2, 0.25) is 0 Å². The SMILES string of the molecule is CC(C)[C@@H]1CC[C@H](C)C[C@H]1OC(=O)COC(=O)c1cc(=O)c2ccccc2o1. The second-order valence-corrected chi connectivity index (χ2v) is 7.90. The zero-order valence-electron chi connectivity index (χ0n) is 16.5. The van der Waals surface area contributed by atoms with Crippen molar-refractivity contribution in [3.8, 4) is 0 Å². The van der Waals surface area contributed by atoms with Crippen LogP contribution in [0.15, 0.2) is 39.5 Å². The van der Waals surface area contributed by atoms with Crippen LogP contribution in [-0.4, -0.2) is 24.6 Å². The van der Waals surface area contributed by atoms with E-state index in [1.165, 1.54) is 0 Å². The Labute approximate surface area is 163 Å². The molecule has 0 bridgehead atoms. The van der Waals surface area contributed by atoms with Gasteiger partial charge in [-0.25, -0.2) is 9.59 Å². The molecule has 2 aromatic rings. The maximum absolute atomic E-state index is 12.2. The summed E-state index contributed by atoms with van der Waals surface area (Å²) < 4.78 is 16.0. The third kappa shape index (κ3) is 4.61. The highest BCUT2D eigenvalue weighted by Gasteiger charge is 2.33. The van der Waals surface area contributed by atoms with Gasteiger partial charge in [-0.3, -0.25) is 4.79 Å². The maximum Gasteiger partial charge on any atom is 0.374 e. The molecule has 0 radical (unpaired) electrons. The number of para-hydroxylation sites is 1. The van der Waals surface area contributed by atoms with E-state index in [-0.39, 0.29) is 17.3 Å². The van der Waals surface area contributed by atoms with Gasteiger partial charge < -0.3 is 13.9 Å². The molecule has 150 valence electrons. The summed E-state index contributed by atoms with van der Waals surface area (Å²) in [6, 6.07) is 7.70. The van der Waals surface area contributed by atoms with Crippen molar-refractivity contribution in [1.82, 2.24) is 0 Å². The average Bonchev–Trinajstić information content (AvgIpc) is 2.66. The molecule has 0 amide bonds. The van der Waals surface area contributed by atoms with Crippen LogP contribution in [-0.2, 0) is 14.3 Å². The van der Waals surface area contributed by atoms with Gasteiger partial charge >= 0.3 is 11.9 Å². The van der Waals surface area contributed by atoms with E-state index in [0.717, 1.165) is 25.3 Å².